The Bertz CT molecular complexity index is 1180. The molecule has 10 nitrogen and oxygen atoms in total. The van der Waals surface area contributed by atoms with E-state index in [9.17, 15) is 19.6 Å². The third-order valence-electron chi connectivity index (χ3n) is 6.11. The van der Waals surface area contributed by atoms with Crippen LogP contribution in [-0.4, -0.2) is 53.5 Å². The van der Waals surface area contributed by atoms with Crippen molar-refractivity contribution in [3.05, 3.63) is 45.9 Å². The van der Waals surface area contributed by atoms with Crippen LogP contribution in [-0.2, 0) is 14.3 Å². The number of nitriles is 1. The molecule has 2 aliphatic rings. The number of nitrogens with one attached hydrogen (secondary N) is 1. The average molecular weight is 450 g/mol. The summed E-state index contributed by atoms with van der Waals surface area (Å²) in [6, 6.07) is 7.11. The zero-order valence-electron chi connectivity index (χ0n) is 18.2. The van der Waals surface area contributed by atoms with Gasteiger partial charge in [0.25, 0.3) is 11.5 Å². The molecular weight excluding hydrogens is 424 g/mol. The fourth-order valence-electron chi connectivity index (χ4n) is 4.23. The van der Waals surface area contributed by atoms with Crippen molar-refractivity contribution in [2.75, 3.05) is 31.1 Å². The van der Waals surface area contributed by atoms with E-state index in [4.69, 9.17) is 10.5 Å². The normalized spacial score (nSPS) is 19.4. The maximum Gasteiger partial charge on any atom is 0.267 e. The summed E-state index contributed by atoms with van der Waals surface area (Å²) >= 11 is 0. The standard InChI is InChI=1S/C23H26N6O4/c24-13-16(22(31)26-14-17-4-3-11-33-17)12-18-21(28-9-6-15(7-10-28)20(25)30)27-19-5-1-2-8-29(19)23(18)32/h1-2,5,8,12,15,17H,3-4,6-7,9-11,14H2,(H2,25,30)(H,26,31)/b16-12+. The van der Waals surface area contributed by atoms with Crippen LogP contribution in [0.3, 0.4) is 0 Å². The Balaban J connectivity index is 1.68. The van der Waals surface area contributed by atoms with E-state index in [1.54, 1.807) is 24.4 Å². The van der Waals surface area contributed by atoms with Gasteiger partial charge in [0.2, 0.25) is 5.91 Å². The molecule has 0 saturated carbocycles. The summed E-state index contributed by atoms with van der Waals surface area (Å²) in [5.74, 6) is -0.742. The quantitative estimate of drug-likeness (QED) is 0.484. The molecule has 2 fully saturated rings. The number of rotatable bonds is 6. The smallest absolute Gasteiger partial charge is 0.267 e. The molecule has 172 valence electrons. The predicted octanol–water partition coefficient (Wildman–Crippen LogP) is 0.598. The molecule has 2 amide bonds. The minimum atomic E-state index is -0.566. The van der Waals surface area contributed by atoms with Gasteiger partial charge in [0.15, 0.2) is 0 Å². The number of nitrogens with zero attached hydrogens (tertiary/aromatic N) is 4. The Morgan fingerprint density at radius 2 is 2.09 bits per heavy atom. The molecule has 0 aliphatic carbocycles. The monoisotopic (exact) mass is 450 g/mol. The number of fused-ring (bicyclic) bond motifs is 1. The molecule has 2 saturated heterocycles. The van der Waals surface area contributed by atoms with Crippen LogP contribution in [0.15, 0.2) is 34.8 Å². The van der Waals surface area contributed by atoms with Crippen molar-refractivity contribution in [1.29, 1.82) is 5.26 Å². The lowest BCUT2D eigenvalue weighted by molar-refractivity contribution is -0.122. The second-order valence-corrected chi connectivity index (χ2v) is 8.26. The number of hydrogen-bond donors (Lipinski definition) is 2. The van der Waals surface area contributed by atoms with Gasteiger partial charge < -0.3 is 20.7 Å². The number of hydrogen-bond acceptors (Lipinski definition) is 7. The Morgan fingerprint density at radius 1 is 1.30 bits per heavy atom. The van der Waals surface area contributed by atoms with Crippen molar-refractivity contribution < 1.29 is 14.3 Å². The van der Waals surface area contributed by atoms with Crippen LogP contribution in [0.5, 0.6) is 0 Å². The van der Waals surface area contributed by atoms with Crippen LogP contribution >= 0.6 is 0 Å². The Labute approximate surface area is 190 Å². The summed E-state index contributed by atoms with van der Waals surface area (Å²) in [5.41, 5.74) is 5.48. The van der Waals surface area contributed by atoms with Crippen molar-refractivity contribution in [3.8, 4) is 6.07 Å². The molecule has 33 heavy (non-hydrogen) atoms. The van der Waals surface area contributed by atoms with E-state index >= 15 is 0 Å². The maximum atomic E-state index is 13.3. The number of primary amides is 1. The SMILES string of the molecule is N#C/C(=C\c1c(N2CCC(C(N)=O)CC2)nc2ccccn2c1=O)C(=O)NCC1CCCO1. The number of anilines is 1. The second kappa shape index (κ2) is 9.83. The van der Waals surface area contributed by atoms with Crippen molar-refractivity contribution in [2.45, 2.75) is 31.8 Å². The number of amides is 2. The third-order valence-corrected chi connectivity index (χ3v) is 6.11. The number of ether oxygens (including phenoxy) is 1. The number of nitrogens with two attached hydrogens (primary N) is 1. The summed E-state index contributed by atoms with van der Waals surface area (Å²) in [4.78, 5) is 44.1. The van der Waals surface area contributed by atoms with Crippen molar-refractivity contribution in [1.82, 2.24) is 14.7 Å². The van der Waals surface area contributed by atoms with Gasteiger partial charge in [0.05, 0.1) is 11.7 Å². The van der Waals surface area contributed by atoms with Gasteiger partial charge in [0.1, 0.15) is 23.1 Å². The Hall–Kier alpha value is -3.71. The zero-order chi connectivity index (χ0) is 23.4. The molecule has 10 heteroatoms. The summed E-state index contributed by atoms with van der Waals surface area (Å²) in [5, 5.41) is 12.4. The highest BCUT2D eigenvalue weighted by atomic mass is 16.5. The fraction of sp³-hybridized carbons (Fsp3) is 0.435. The van der Waals surface area contributed by atoms with Crippen LogP contribution in [0.25, 0.3) is 11.7 Å². The van der Waals surface area contributed by atoms with Crippen LogP contribution in [0, 0.1) is 17.2 Å². The molecule has 2 aromatic rings. The summed E-state index contributed by atoms with van der Waals surface area (Å²) in [7, 11) is 0. The van der Waals surface area contributed by atoms with E-state index in [-0.39, 0.29) is 34.6 Å². The molecule has 1 atom stereocenters. The van der Waals surface area contributed by atoms with Gasteiger partial charge in [-0.2, -0.15) is 5.26 Å². The maximum absolute atomic E-state index is 13.3. The molecule has 3 N–H and O–H groups in total. The third kappa shape index (κ3) is 4.88. The van der Waals surface area contributed by atoms with Gasteiger partial charge >= 0.3 is 0 Å². The lowest BCUT2D eigenvalue weighted by Gasteiger charge is -2.32. The zero-order valence-corrected chi connectivity index (χ0v) is 18.2. The molecule has 0 spiro atoms. The highest BCUT2D eigenvalue weighted by Crippen LogP contribution is 2.25. The minimum Gasteiger partial charge on any atom is -0.376 e. The predicted molar refractivity (Wildman–Crippen MR) is 121 cm³/mol. The highest BCUT2D eigenvalue weighted by molar-refractivity contribution is 6.02. The van der Waals surface area contributed by atoms with Crippen molar-refractivity contribution >= 4 is 29.4 Å². The number of carbonyl (C=O) groups is 2. The largest absolute Gasteiger partial charge is 0.376 e. The molecule has 2 aliphatic heterocycles. The minimum absolute atomic E-state index is 0.0658. The lowest BCUT2D eigenvalue weighted by Crippen LogP contribution is -2.40. The summed E-state index contributed by atoms with van der Waals surface area (Å²) in [6.07, 6.45) is 5.71. The highest BCUT2D eigenvalue weighted by Gasteiger charge is 2.27. The summed E-state index contributed by atoms with van der Waals surface area (Å²) in [6.45, 7) is 1.94. The van der Waals surface area contributed by atoms with E-state index in [0.29, 0.717) is 50.5 Å². The average Bonchev–Trinajstić information content (AvgIpc) is 3.36. The van der Waals surface area contributed by atoms with Gasteiger partial charge in [-0.25, -0.2) is 4.98 Å². The van der Waals surface area contributed by atoms with Gasteiger partial charge in [0, 0.05) is 38.4 Å². The van der Waals surface area contributed by atoms with Gasteiger partial charge in [-0.05, 0) is 43.9 Å². The van der Waals surface area contributed by atoms with E-state index in [0.717, 1.165) is 12.8 Å². The number of carbonyl (C=O) groups excluding carboxylic acids is 2. The first-order chi connectivity index (χ1) is 16.0. The fourth-order valence-corrected chi connectivity index (χ4v) is 4.23. The van der Waals surface area contributed by atoms with E-state index in [1.165, 1.54) is 10.5 Å². The molecule has 0 radical (unpaired) electrons. The van der Waals surface area contributed by atoms with Crippen LogP contribution in [0.4, 0.5) is 5.82 Å². The molecular formula is C23H26N6O4. The molecule has 4 rings (SSSR count). The summed E-state index contributed by atoms with van der Waals surface area (Å²) < 4.78 is 6.89. The number of aromatic nitrogens is 2. The number of pyridine rings is 1. The van der Waals surface area contributed by atoms with Gasteiger partial charge in [-0.1, -0.05) is 6.07 Å². The molecule has 2 aromatic heterocycles. The lowest BCUT2D eigenvalue weighted by atomic mass is 9.96. The van der Waals surface area contributed by atoms with E-state index < -0.39 is 5.91 Å². The first kappa shape index (κ1) is 22.5. The Morgan fingerprint density at radius 3 is 2.76 bits per heavy atom. The van der Waals surface area contributed by atoms with Crippen LogP contribution < -0.4 is 21.5 Å². The van der Waals surface area contributed by atoms with Crippen LogP contribution in [0.2, 0.25) is 0 Å². The first-order valence-electron chi connectivity index (χ1n) is 11.0. The number of piperidine rings is 1. The van der Waals surface area contributed by atoms with Crippen molar-refractivity contribution in [2.24, 2.45) is 11.7 Å². The molecule has 1 unspecified atom stereocenters. The van der Waals surface area contributed by atoms with Crippen molar-refractivity contribution in [3.63, 3.8) is 0 Å². The van der Waals surface area contributed by atoms with Gasteiger partial charge in [-0.15, -0.1) is 0 Å². The first-order valence-corrected chi connectivity index (χ1v) is 11.0. The topological polar surface area (TPSA) is 143 Å². The van der Waals surface area contributed by atoms with E-state index in [1.807, 2.05) is 11.0 Å². The molecule has 0 aromatic carbocycles. The Kier molecular flexibility index (Phi) is 6.70. The molecule has 4 heterocycles. The van der Waals surface area contributed by atoms with Crippen LogP contribution in [0.1, 0.15) is 31.2 Å². The second-order valence-electron chi connectivity index (χ2n) is 8.26. The van der Waals surface area contributed by atoms with Gasteiger partial charge in [-0.3, -0.25) is 18.8 Å². The van der Waals surface area contributed by atoms with E-state index in [2.05, 4.69) is 10.3 Å². The molecule has 0 bridgehead atoms.